The zero-order valence-corrected chi connectivity index (χ0v) is 10.8. The Kier molecular flexibility index (Phi) is 2.89. The number of furan rings is 1. The van der Waals surface area contributed by atoms with Gasteiger partial charge in [0, 0.05) is 0 Å². The number of hydrogen-bond acceptors (Lipinski definition) is 1. The largest absolute Gasteiger partial charge is 0.448 e. The van der Waals surface area contributed by atoms with Crippen LogP contribution in [-0.2, 0) is 12.8 Å². The van der Waals surface area contributed by atoms with Crippen molar-refractivity contribution in [2.75, 3.05) is 0 Å². The Balaban J connectivity index is 1.94. The third-order valence-electron chi connectivity index (χ3n) is 3.26. The molecule has 1 heterocycles. The molecule has 1 aliphatic carbocycles. The number of halogens is 2. The summed E-state index contributed by atoms with van der Waals surface area (Å²) in [5.41, 5.74) is 3.96. The summed E-state index contributed by atoms with van der Waals surface area (Å²) in [5, 5.41) is 0.125. The molecule has 3 rings (SSSR count). The van der Waals surface area contributed by atoms with Crippen molar-refractivity contribution in [1.82, 2.24) is 0 Å². The van der Waals surface area contributed by atoms with Gasteiger partial charge in [0.1, 0.15) is 11.1 Å². The van der Waals surface area contributed by atoms with Crippen LogP contribution in [0.5, 0.6) is 0 Å². The topological polar surface area (TPSA) is 13.1 Å². The van der Waals surface area contributed by atoms with Crippen molar-refractivity contribution in [1.29, 1.82) is 0 Å². The molecule has 3 heteroatoms. The molecule has 1 aromatic carbocycles. The van der Waals surface area contributed by atoms with Gasteiger partial charge >= 0.3 is 0 Å². The molecule has 0 bridgehead atoms. The Morgan fingerprint density at radius 3 is 2.65 bits per heavy atom. The zero-order chi connectivity index (χ0) is 11.8. The fraction of sp³-hybridized carbons (Fsp3) is 0.286. The lowest BCUT2D eigenvalue weighted by Gasteiger charge is -2.09. The van der Waals surface area contributed by atoms with E-state index in [1.165, 1.54) is 24.0 Å². The van der Waals surface area contributed by atoms with Gasteiger partial charge in [-0.1, -0.05) is 18.2 Å². The second kappa shape index (κ2) is 4.40. The smallest absolute Gasteiger partial charge is 0.193 e. The van der Waals surface area contributed by atoms with Crippen molar-refractivity contribution in [3.63, 3.8) is 0 Å². The van der Waals surface area contributed by atoms with Gasteiger partial charge in [-0.2, -0.15) is 0 Å². The van der Waals surface area contributed by atoms with Crippen LogP contribution in [0, 0.1) is 0 Å². The highest BCUT2D eigenvalue weighted by Gasteiger charge is 2.18. The minimum atomic E-state index is -0.256. The molecule has 1 nitrogen and oxygen atoms in total. The summed E-state index contributed by atoms with van der Waals surface area (Å²) < 4.78 is 5.35. The molecule has 2 aromatic rings. The van der Waals surface area contributed by atoms with Crippen LogP contribution in [0.15, 0.2) is 34.7 Å². The maximum absolute atomic E-state index is 6.39. The Morgan fingerprint density at radius 1 is 1.06 bits per heavy atom. The summed E-state index contributed by atoms with van der Waals surface area (Å²) >= 11 is 12.2. The minimum Gasteiger partial charge on any atom is -0.448 e. The first-order valence-electron chi connectivity index (χ1n) is 5.75. The SMILES string of the molecule is Clc1ccc(C(Cl)c2ccc3c(c2)CCC3)o1. The van der Waals surface area contributed by atoms with E-state index < -0.39 is 0 Å². The van der Waals surface area contributed by atoms with E-state index >= 15 is 0 Å². The Bertz CT molecular complexity index is 545. The number of rotatable bonds is 2. The summed E-state index contributed by atoms with van der Waals surface area (Å²) in [7, 11) is 0. The van der Waals surface area contributed by atoms with Gasteiger partial charge in [-0.05, 0) is 59.7 Å². The molecule has 17 heavy (non-hydrogen) atoms. The van der Waals surface area contributed by atoms with Crippen molar-refractivity contribution in [2.45, 2.75) is 24.6 Å². The van der Waals surface area contributed by atoms with Gasteiger partial charge in [0.15, 0.2) is 5.22 Å². The molecular weight excluding hydrogens is 255 g/mol. The standard InChI is InChI=1S/C14H12Cl2O/c15-13-7-6-12(17-13)14(16)11-5-4-9-2-1-3-10(9)8-11/h4-8,14H,1-3H2. The van der Waals surface area contributed by atoms with Gasteiger partial charge in [0.25, 0.3) is 0 Å². The normalized spacial score (nSPS) is 15.9. The molecule has 0 saturated carbocycles. The van der Waals surface area contributed by atoms with Crippen molar-refractivity contribution in [3.8, 4) is 0 Å². The molecule has 0 fully saturated rings. The third kappa shape index (κ3) is 2.10. The van der Waals surface area contributed by atoms with Crippen LogP contribution in [0.25, 0.3) is 0 Å². The number of hydrogen-bond donors (Lipinski definition) is 0. The molecule has 1 aliphatic rings. The average molecular weight is 267 g/mol. The maximum atomic E-state index is 6.39. The van der Waals surface area contributed by atoms with E-state index in [9.17, 15) is 0 Å². The Hall–Kier alpha value is -0.920. The fourth-order valence-corrected chi connectivity index (χ4v) is 2.78. The summed E-state index contributed by atoms with van der Waals surface area (Å²) in [4.78, 5) is 0. The van der Waals surface area contributed by atoms with Crippen LogP contribution in [0.4, 0.5) is 0 Å². The number of fused-ring (bicyclic) bond motifs is 1. The van der Waals surface area contributed by atoms with Crippen LogP contribution in [0.3, 0.4) is 0 Å². The highest BCUT2D eigenvalue weighted by Crippen LogP contribution is 2.33. The van der Waals surface area contributed by atoms with E-state index in [0.29, 0.717) is 11.0 Å². The lowest BCUT2D eigenvalue weighted by atomic mass is 10.0. The first-order chi connectivity index (χ1) is 8.24. The average Bonchev–Trinajstić information content (AvgIpc) is 2.95. The number of benzene rings is 1. The van der Waals surface area contributed by atoms with Crippen molar-refractivity contribution >= 4 is 23.2 Å². The molecule has 0 saturated heterocycles. The first-order valence-corrected chi connectivity index (χ1v) is 6.56. The highest BCUT2D eigenvalue weighted by atomic mass is 35.5. The highest BCUT2D eigenvalue weighted by molar-refractivity contribution is 6.29. The summed E-state index contributed by atoms with van der Waals surface area (Å²) in [5.74, 6) is 0.703. The van der Waals surface area contributed by atoms with E-state index in [1.54, 1.807) is 6.07 Å². The van der Waals surface area contributed by atoms with Crippen molar-refractivity contribution < 1.29 is 4.42 Å². The van der Waals surface area contributed by atoms with Gasteiger partial charge in [-0.3, -0.25) is 0 Å². The molecule has 0 radical (unpaired) electrons. The van der Waals surface area contributed by atoms with Crippen LogP contribution < -0.4 is 0 Å². The molecular formula is C14H12Cl2O. The Morgan fingerprint density at radius 2 is 1.88 bits per heavy atom. The van der Waals surface area contributed by atoms with Crippen LogP contribution in [0.2, 0.25) is 5.22 Å². The van der Waals surface area contributed by atoms with Gasteiger partial charge in [0.05, 0.1) is 0 Å². The number of alkyl halides is 1. The minimum absolute atomic E-state index is 0.256. The molecule has 1 atom stereocenters. The second-order valence-corrected chi connectivity index (χ2v) is 5.20. The van der Waals surface area contributed by atoms with E-state index in [4.69, 9.17) is 27.6 Å². The second-order valence-electron chi connectivity index (χ2n) is 4.39. The predicted octanol–water partition coefficient (Wildman–Crippen LogP) is 4.75. The van der Waals surface area contributed by atoms with Gasteiger partial charge < -0.3 is 4.42 Å². The summed E-state index contributed by atoms with van der Waals surface area (Å²) in [6, 6.07) is 10.00. The van der Waals surface area contributed by atoms with E-state index in [1.807, 2.05) is 6.07 Å². The molecule has 88 valence electrons. The lowest BCUT2D eigenvalue weighted by Crippen LogP contribution is -1.93. The summed E-state index contributed by atoms with van der Waals surface area (Å²) in [6.45, 7) is 0. The third-order valence-corrected chi connectivity index (χ3v) is 3.93. The van der Waals surface area contributed by atoms with Crippen LogP contribution in [-0.4, -0.2) is 0 Å². The van der Waals surface area contributed by atoms with Crippen LogP contribution in [0.1, 0.15) is 34.2 Å². The Labute approximate surface area is 110 Å². The fourth-order valence-electron chi connectivity index (χ4n) is 2.38. The van der Waals surface area contributed by atoms with Gasteiger partial charge in [-0.15, -0.1) is 11.6 Å². The molecule has 0 N–H and O–H groups in total. The first kappa shape index (κ1) is 11.2. The lowest BCUT2D eigenvalue weighted by molar-refractivity contribution is 0.518. The molecule has 0 spiro atoms. The van der Waals surface area contributed by atoms with Crippen LogP contribution >= 0.6 is 23.2 Å². The van der Waals surface area contributed by atoms with Crippen molar-refractivity contribution in [2.24, 2.45) is 0 Å². The van der Waals surface area contributed by atoms with Gasteiger partial charge in [0.2, 0.25) is 0 Å². The van der Waals surface area contributed by atoms with Gasteiger partial charge in [-0.25, -0.2) is 0 Å². The molecule has 1 aromatic heterocycles. The van der Waals surface area contributed by atoms with E-state index in [2.05, 4.69) is 18.2 Å². The quantitative estimate of drug-likeness (QED) is 0.715. The van der Waals surface area contributed by atoms with Crippen molar-refractivity contribution in [3.05, 3.63) is 58.0 Å². The summed E-state index contributed by atoms with van der Waals surface area (Å²) in [6.07, 6.45) is 3.60. The van der Waals surface area contributed by atoms with E-state index in [-0.39, 0.29) is 5.38 Å². The molecule has 0 aliphatic heterocycles. The number of aryl methyl sites for hydroxylation is 2. The van der Waals surface area contributed by atoms with E-state index in [0.717, 1.165) is 12.0 Å². The maximum Gasteiger partial charge on any atom is 0.193 e. The molecule has 1 unspecified atom stereocenters. The zero-order valence-electron chi connectivity index (χ0n) is 9.25. The molecule has 0 amide bonds. The monoisotopic (exact) mass is 266 g/mol. The predicted molar refractivity (Wildman–Crippen MR) is 69.9 cm³/mol.